The number of benzene rings is 1. The van der Waals surface area contributed by atoms with Gasteiger partial charge in [0, 0.05) is 32.1 Å². The Morgan fingerprint density at radius 2 is 2.04 bits per heavy atom. The zero-order valence-electron chi connectivity index (χ0n) is 16.9. The summed E-state index contributed by atoms with van der Waals surface area (Å²) < 4.78 is 29.2. The summed E-state index contributed by atoms with van der Waals surface area (Å²) in [6, 6.07) is 7.97. The van der Waals surface area contributed by atoms with E-state index >= 15 is 0 Å². The van der Waals surface area contributed by atoms with Crippen LogP contribution in [0.4, 0.5) is 0 Å². The highest BCUT2D eigenvalue weighted by molar-refractivity contribution is 14.0. The second-order valence-electron chi connectivity index (χ2n) is 7.34. The summed E-state index contributed by atoms with van der Waals surface area (Å²) in [6.45, 7) is 9.98. The molecular formula is C19H32IN3O3S. The van der Waals surface area contributed by atoms with Crippen molar-refractivity contribution in [2.75, 3.05) is 39.0 Å². The first-order chi connectivity index (χ1) is 12.2. The van der Waals surface area contributed by atoms with E-state index in [0.29, 0.717) is 19.6 Å². The fraction of sp³-hybridized carbons (Fsp3) is 0.632. The molecule has 0 aliphatic carbocycles. The highest BCUT2D eigenvalue weighted by Crippen LogP contribution is 2.27. The van der Waals surface area contributed by atoms with Crippen LogP contribution in [0.3, 0.4) is 0 Å². The van der Waals surface area contributed by atoms with Crippen LogP contribution in [0, 0.1) is 0 Å². The Morgan fingerprint density at radius 1 is 1.37 bits per heavy atom. The van der Waals surface area contributed by atoms with E-state index in [1.165, 1.54) is 0 Å². The predicted molar refractivity (Wildman–Crippen MR) is 122 cm³/mol. The van der Waals surface area contributed by atoms with E-state index in [2.05, 4.69) is 23.2 Å². The van der Waals surface area contributed by atoms with Crippen LogP contribution in [0.5, 0.6) is 5.75 Å². The topological polar surface area (TPSA) is 71.0 Å². The first-order valence-electron chi connectivity index (χ1n) is 9.10. The van der Waals surface area contributed by atoms with E-state index in [1.54, 1.807) is 21.0 Å². The minimum Gasteiger partial charge on any atom is -0.496 e. The van der Waals surface area contributed by atoms with Crippen molar-refractivity contribution in [3.63, 3.8) is 0 Å². The summed E-state index contributed by atoms with van der Waals surface area (Å²) in [4.78, 5) is 6.84. The third kappa shape index (κ3) is 5.73. The van der Waals surface area contributed by atoms with Crippen LogP contribution in [0.1, 0.15) is 39.2 Å². The van der Waals surface area contributed by atoms with E-state index in [0.717, 1.165) is 23.8 Å². The summed E-state index contributed by atoms with van der Waals surface area (Å²) in [6.07, 6.45) is 0. The summed E-state index contributed by atoms with van der Waals surface area (Å²) >= 11 is 0. The molecule has 1 atom stereocenters. The lowest BCUT2D eigenvalue weighted by Crippen LogP contribution is -2.57. The lowest BCUT2D eigenvalue weighted by atomic mass is 10.0. The molecule has 1 saturated heterocycles. The molecule has 27 heavy (non-hydrogen) atoms. The molecule has 1 aliphatic heterocycles. The Balaban J connectivity index is 0.00000364. The molecule has 1 heterocycles. The van der Waals surface area contributed by atoms with Crippen molar-refractivity contribution in [1.82, 2.24) is 10.2 Å². The molecule has 6 nitrogen and oxygen atoms in total. The van der Waals surface area contributed by atoms with Crippen LogP contribution in [0.25, 0.3) is 0 Å². The van der Waals surface area contributed by atoms with Crippen molar-refractivity contribution in [3.05, 3.63) is 29.8 Å². The van der Waals surface area contributed by atoms with E-state index in [4.69, 9.17) is 9.73 Å². The fourth-order valence-corrected chi connectivity index (χ4v) is 4.51. The van der Waals surface area contributed by atoms with Crippen molar-refractivity contribution in [2.24, 2.45) is 4.99 Å². The van der Waals surface area contributed by atoms with Gasteiger partial charge in [-0.3, -0.25) is 4.99 Å². The number of sulfone groups is 1. The fourth-order valence-electron chi connectivity index (χ4n) is 3.15. The Kier molecular flexibility index (Phi) is 8.85. The minimum atomic E-state index is -3.07. The third-order valence-electron chi connectivity index (χ3n) is 4.86. The molecule has 0 amide bonds. The number of para-hydroxylation sites is 1. The number of hydrogen-bond acceptors (Lipinski definition) is 4. The van der Waals surface area contributed by atoms with Crippen LogP contribution < -0.4 is 10.1 Å². The molecule has 1 fully saturated rings. The molecule has 0 saturated carbocycles. The van der Waals surface area contributed by atoms with E-state index in [9.17, 15) is 8.42 Å². The maximum Gasteiger partial charge on any atom is 0.194 e. The van der Waals surface area contributed by atoms with E-state index in [-0.39, 0.29) is 35.6 Å². The van der Waals surface area contributed by atoms with Gasteiger partial charge in [-0.1, -0.05) is 25.1 Å². The van der Waals surface area contributed by atoms with Gasteiger partial charge in [-0.2, -0.15) is 0 Å². The first-order valence-corrected chi connectivity index (χ1v) is 10.8. The standard InChI is InChI=1S/C19H31N3O3S.HI/c1-6-20-18(22-11-12-26(23,24)19(3,4)14-22)21-13-15(2)16-9-7-8-10-17(16)25-5;/h7-10,15H,6,11-14H2,1-5H3,(H,20,21);1H. The number of hydrogen-bond donors (Lipinski definition) is 1. The van der Waals surface area contributed by atoms with Crippen molar-refractivity contribution >= 4 is 39.8 Å². The largest absolute Gasteiger partial charge is 0.496 e. The maximum atomic E-state index is 12.3. The predicted octanol–water partition coefficient (Wildman–Crippen LogP) is 2.89. The average molecular weight is 509 g/mol. The Bertz CT molecular complexity index is 750. The van der Waals surface area contributed by atoms with Crippen LogP contribution in [-0.2, 0) is 9.84 Å². The number of nitrogens with one attached hydrogen (secondary N) is 1. The van der Waals surface area contributed by atoms with Crippen LogP contribution in [-0.4, -0.2) is 63.1 Å². The quantitative estimate of drug-likeness (QED) is 0.376. The van der Waals surface area contributed by atoms with Gasteiger partial charge < -0.3 is 15.0 Å². The second-order valence-corrected chi connectivity index (χ2v) is 10.1. The Hall–Kier alpha value is -1.03. The summed E-state index contributed by atoms with van der Waals surface area (Å²) in [5.74, 6) is 2.00. The molecule has 1 N–H and O–H groups in total. The molecule has 0 bridgehead atoms. The smallest absolute Gasteiger partial charge is 0.194 e. The van der Waals surface area contributed by atoms with Gasteiger partial charge in [0.2, 0.25) is 0 Å². The molecule has 1 unspecified atom stereocenters. The highest BCUT2D eigenvalue weighted by atomic mass is 127. The molecule has 1 aliphatic rings. The number of guanidine groups is 1. The minimum absolute atomic E-state index is 0. The molecule has 154 valence electrons. The van der Waals surface area contributed by atoms with Crippen LogP contribution >= 0.6 is 24.0 Å². The second kappa shape index (κ2) is 9.95. The van der Waals surface area contributed by atoms with Crippen molar-refractivity contribution in [1.29, 1.82) is 0 Å². The molecular weight excluding hydrogens is 477 g/mol. The first kappa shape index (κ1) is 24.0. The summed E-state index contributed by atoms with van der Waals surface area (Å²) in [5.41, 5.74) is 1.12. The van der Waals surface area contributed by atoms with E-state index < -0.39 is 14.6 Å². The molecule has 0 radical (unpaired) electrons. The zero-order chi connectivity index (χ0) is 19.4. The van der Waals surface area contributed by atoms with Crippen molar-refractivity contribution < 1.29 is 13.2 Å². The van der Waals surface area contributed by atoms with Gasteiger partial charge in [-0.25, -0.2) is 8.42 Å². The number of methoxy groups -OCH3 is 1. The highest BCUT2D eigenvalue weighted by Gasteiger charge is 2.40. The lowest BCUT2D eigenvalue weighted by molar-refractivity contribution is 0.353. The van der Waals surface area contributed by atoms with Gasteiger partial charge in [-0.05, 0) is 32.4 Å². The van der Waals surface area contributed by atoms with Gasteiger partial charge >= 0.3 is 0 Å². The molecule has 1 aromatic rings. The average Bonchev–Trinajstić information content (AvgIpc) is 2.60. The van der Waals surface area contributed by atoms with Crippen molar-refractivity contribution in [2.45, 2.75) is 38.4 Å². The number of rotatable bonds is 5. The molecule has 0 aromatic heterocycles. The monoisotopic (exact) mass is 509 g/mol. The van der Waals surface area contributed by atoms with E-state index in [1.807, 2.05) is 25.1 Å². The lowest BCUT2D eigenvalue weighted by Gasteiger charge is -2.39. The summed E-state index contributed by atoms with van der Waals surface area (Å²) in [7, 11) is -1.39. The molecule has 8 heteroatoms. The number of aliphatic imine (C=N–C) groups is 1. The van der Waals surface area contributed by atoms with Gasteiger partial charge in [-0.15, -0.1) is 24.0 Å². The molecule has 1 aromatic carbocycles. The zero-order valence-corrected chi connectivity index (χ0v) is 20.0. The number of nitrogens with zero attached hydrogens (tertiary/aromatic N) is 2. The molecule has 0 spiro atoms. The van der Waals surface area contributed by atoms with Gasteiger partial charge in [0.1, 0.15) is 5.75 Å². The number of ether oxygens (including phenoxy) is 1. The van der Waals surface area contributed by atoms with Gasteiger partial charge in [0.15, 0.2) is 15.8 Å². The Labute approximate surface area is 180 Å². The third-order valence-corrected chi connectivity index (χ3v) is 7.40. The van der Waals surface area contributed by atoms with Crippen molar-refractivity contribution in [3.8, 4) is 5.75 Å². The molecule has 2 rings (SSSR count). The maximum absolute atomic E-state index is 12.3. The van der Waals surface area contributed by atoms with Gasteiger partial charge in [0.05, 0.1) is 17.6 Å². The number of halogens is 1. The normalized spacial score (nSPS) is 19.7. The van der Waals surface area contributed by atoms with Gasteiger partial charge in [0.25, 0.3) is 0 Å². The SMILES string of the molecule is CCNC(=NCC(C)c1ccccc1OC)N1CCS(=O)(=O)C(C)(C)C1.I. The van der Waals surface area contributed by atoms with Crippen LogP contribution in [0.2, 0.25) is 0 Å². The van der Waals surface area contributed by atoms with Crippen LogP contribution in [0.15, 0.2) is 29.3 Å². The summed E-state index contributed by atoms with van der Waals surface area (Å²) in [5, 5.41) is 3.30. The Morgan fingerprint density at radius 3 is 2.63 bits per heavy atom.